The Balaban J connectivity index is 2.25. The Morgan fingerprint density at radius 3 is 2.61 bits per heavy atom. The summed E-state index contributed by atoms with van der Waals surface area (Å²) < 4.78 is 27.3. The summed E-state index contributed by atoms with van der Waals surface area (Å²) in [4.78, 5) is 3.87. The van der Waals surface area contributed by atoms with Gasteiger partial charge in [-0.25, -0.2) is 18.1 Å². The molecule has 0 radical (unpaired) electrons. The summed E-state index contributed by atoms with van der Waals surface area (Å²) in [7, 11) is -3.64. The van der Waals surface area contributed by atoms with Crippen molar-refractivity contribution in [1.29, 1.82) is 0 Å². The molecule has 1 saturated carbocycles. The zero-order valence-electron chi connectivity index (χ0n) is 10.5. The predicted molar refractivity (Wildman–Crippen MR) is 70.5 cm³/mol. The number of pyridine rings is 1. The van der Waals surface area contributed by atoms with Crippen LogP contribution < -0.4 is 10.5 Å². The van der Waals surface area contributed by atoms with E-state index in [0.29, 0.717) is 0 Å². The topological polar surface area (TPSA) is 85.1 Å². The Kier molecular flexibility index (Phi) is 3.59. The number of rotatable bonds is 3. The highest BCUT2D eigenvalue weighted by molar-refractivity contribution is 7.89. The van der Waals surface area contributed by atoms with Gasteiger partial charge >= 0.3 is 0 Å². The molecule has 1 fully saturated rings. The lowest BCUT2D eigenvalue weighted by Gasteiger charge is -2.33. The molecular weight excluding hydrogens is 250 g/mol. The number of hydrogen-bond acceptors (Lipinski definition) is 4. The molecule has 1 aromatic heterocycles. The molecule has 0 bridgehead atoms. The lowest BCUT2D eigenvalue weighted by atomic mass is 9.84. The minimum absolute atomic E-state index is 0.0724. The van der Waals surface area contributed by atoms with Crippen LogP contribution in [0.5, 0.6) is 0 Å². The highest BCUT2D eigenvalue weighted by Crippen LogP contribution is 2.29. The highest BCUT2D eigenvalue weighted by atomic mass is 32.2. The molecule has 1 aromatic rings. The van der Waals surface area contributed by atoms with Crippen molar-refractivity contribution in [3.05, 3.63) is 18.3 Å². The summed E-state index contributed by atoms with van der Waals surface area (Å²) in [6.45, 7) is 1.95. The predicted octanol–water partition coefficient (Wildman–Crippen LogP) is 1.66. The minimum Gasteiger partial charge on any atom is -0.396 e. The first-order valence-electron chi connectivity index (χ1n) is 6.17. The molecule has 0 aliphatic heterocycles. The molecule has 2 rings (SSSR count). The Hall–Kier alpha value is -1.14. The number of nitrogens with zero attached hydrogens (tertiary/aromatic N) is 1. The first-order valence-corrected chi connectivity index (χ1v) is 7.66. The van der Waals surface area contributed by atoms with Gasteiger partial charge in [0, 0.05) is 11.7 Å². The van der Waals surface area contributed by atoms with Crippen molar-refractivity contribution in [1.82, 2.24) is 9.71 Å². The van der Waals surface area contributed by atoms with Crippen molar-refractivity contribution in [2.75, 3.05) is 5.73 Å². The molecule has 1 aliphatic rings. The van der Waals surface area contributed by atoms with E-state index in [1.807, 2.05) is 6.92 Å². The quantitative estimate of drug-likeness (QED) is 0.874. The zero-order valence-corrected chi connectivity index (χ0v) is 11.3. The van der Waals surface area contributed by atoms with E-state index in [0.717, 1.165) is 25.7 Å². The summed E-state index contributed by atoms with van der Waals surface area (Å²) in [6, 6.07) is 3.17. The largest absolute Gasteiger partial charge is 0.396 e. The standard InChI is InChI=1S/C12H19N3O2S/c1-12(7-3-2-4-8-12)15-18(16,17)11-10(13)6-5-9-14-11/h5-6,9,15H,2-4,7-8,13H2,1H3. The number of hydrogen-bond donors (Lipinski definition) is 2. The number of anilines is 1. The van der Waals surface area contributed by atoms with E-state index in [9.17, 15) is 8.42 Å². The lowest BCUT2D eigenvalue weighted by Crippen LogP contribution is -2.47. The maximum absolute atomic E-state index is 12.3. The maximum atomic E-state index is 12.3. The van der Waals surface area contributed by atoms with Crippen molar-refractivity contribution >= 4 is 15.7 Å². The normalized spacial score (nSPS) is 19.6. The molecule has 1 heterocycles. The van der Waals surface area contributed by atoms with Crippen LogP contribution in [0.4, 0.5) is 5.69 Å². The van der Waals surface area contributed by atoms with Crippen LogP contribution in [0.1, 0.15) is 39.0 Å². The molecule has 5 nitrogen and oxygen atoms in total. The van der Waals surface area contributed by atoms with Gasteiger partial charge in [0.2, 0.25) is 0 Å². The van der Waals surface area contributed by atoms with Gasteiger partial charge in [-0.3, -0.25) is 0 Å². The van der Waals surface area contributed by atoms with Gasteiger partial charge in [0.1, 0.15) is 0 Å². The molecule has 18 heavy (non-hydrogen) atoms. The number of nitrogen functional groups attached to an aromatic ring is 1. The van der Waals surface area contributed by atoms with Crippen LogP contribution in [0.2, 0.25) is 0 Å². The Morgan fingerprint density at radius 1 is 1.33 bits per heavy atom. The van der Waals surface area contributed by atoms with Crippen molar-refractivity contribution in [3.8, 4) is 0 Å². The summed E-state index contributed by atoms with van der Waals surface area (Å²) in [5, 5.41) is -0.0724. The minimum atomic E-state index is -3.64. The number of nitrogens with two attached hydrogens (primary N) is 1. The van der Waals surface area contributed by atoms with E-state index in [-0.39, 0.29) is 16.3 Å². The maximum Gasteiger partial charge on any atom is 0.260 e. The molecular formula is C12H19N3O2S. The second-order valence-electron chi connectivity index (χ2n) is 5.12. The van der Waals surface area contributed by atoms with Gasteiger partial charge in [0.15, 0.2) is 5.03 Å². The third-order valence-corrected chi connectivity index (χ3v) is 5.00. The van der Waals surface area contributed by atoms with Crippen LogP contribution in [0.25, 0.3) is 0 Å². The van der Waals surface area contributed by atoms with Gasteiger partial charge in [-0.15, -0.1) is 0 Å². The Morgan fingerprint density at radius 2 is 2.00 bits per heavy atom. The van der Waals surface area contributed by atoms with Crippen molar-refractivity contribution in [2.45, 2.75) is 49.6 Å². The molecule has 100 valence electrons. The van der Waals surface area contributed by atoms with Gasteiger partial charge in [-0.2, -0.15) is 0 Å². The van der Waals surface area contributed by atoms with Crippen LogP contribution >= 0.6 is 0 Å². The molecule has 0 aromatic carbocycles. The summed E-state index contributed by atoms with van der Waals surface area (Å²) >= 11 is 0. The summed E-state index contributed by atoms with van der Waals surface area (Å²) in [5.41, 5.74) is 5.48. The Labute approximate surface area is 108 Å². The van der Waals surface area contributed by atoms with Crippen LogP contribution in [0, 0.1) is 0 Å². The van der Waals surface area contributed by atoms with E-state index in [1.54, 1.807) is 12.1 Å². The lowest BCUT2D eigenvalue weighted by molar-refractivity contribution is 0.293. The molecule has 1 aliphatic carbocycles. The molecule has 0 spiro atoms. The molecule has 6 heteroatoms. The monoisotopic (exact) mass is 269 g/mol. The third-order valence-electron chi connectivity index (χ3n) is 3.39. The highest BCUT2D eigenvalue weighted by Gasteiger charge is 2.33. The fourth-order valence-electron chi connectivity index (χ4n) is 2.43. The van der Waals surface area contributed by atoms with Gasteiger partial charge in [0.25, 0.3) is 10.0 Å². The molecule has 0 saturated heterocycles. The summed E-state index contributed by atoms with van der Waals surface area (Å²) in [6.07, 6.45) is 6.43. The van der Waals surface area contributed by atoms with E-state index in [4.69, 9.17) is 5.73 Å². The smallest absolute Gasteiger partial charge is 0.260 e. The van der Waals surface area contributed by atoms with Crippen LogP contribution in [-0.4, -0.2) is 18.9 Å². The number of nitrogens with one attached hydrogen (secondary N) is 1. The fourth-order valence-corrected chi connectivity index (χ4v) is 3.96. The van der Waals surface area contributed by atoms with Crippen LogP contribution in [0.3, 0.4) is 0 Å². The molecule has 0 amide bonds. The second kappa shape index (κ2) is 4.85. The van der Waals surface area contributed by atoms with E-state index in [2.05, 4.69) is 9.71 Å². The van der Waals surface area contributed by atoms with Gasteiger partial charge < -0.3 is 5.73 Å². The van der Waals surface area contributed by atoms with E-state index in [1.165, 1.54) is 12.6 Å². The van der Waals surface area contributed by atoms with E-state index >= 15 is 0 Å². The first-order chi connectivity index (χ1) is 8.43. The average molecular weight is 269 g/mol. The van der Waals surface area contributed by atoms with Gasteiger partial charge in [0.05, 0.1) is 5.69 Å². The SMILES string of the molecule is CC1(NS(=O)(=O)c2ncccc2N)CCCCC1. The summed E-state index contributed by atoms with van der Waals surface area (Å²) in [5.74, 6) is 0. The molecule has 3 N–H and O–H groups in total. The van der Waals surface area contributed by atoms with Crippen LogP contribution in [-0.2, 0) is 10.0 Å². The van der Waals surface area contributed by atoms with Crippen molar-refractivity contribution < 1.29 is 8.42 Å². The second-order valence-corrected chi connectivity index (χ2v) is 6.72. The van der Waals surface area contributed by atoms with Gasteiger partial charge in [-0.1, -0.05) is 19.3 Å². The number of aromatic nitrogens is 1. The average Bonchev–Trinajstić information content (AvgIpc) is 2.28. The molecule has 0 unspecified atom stereocenters. The first kappa shape index (κ1) is 13.3. The van der Waals surface area contributed by atoms with Crippen molar-refractivity contribution in [2.24, 2.45) is 0 Å². The van der Waals surface area contributed by atoms with Gasteiger partial charge in [-0.05, 0) is 31.9 Å². The van der Waals surface area contributed by atoms with Crippen LogP contribution in [0.15, 0.2) is 23.4 Å². The van der Waals surface area contributed by atoms with Crippen molar-refractivity contribution in [3.63, 3.8) is 0 Å². The Bertz CT molecular complexity index is 522. The number of sulfonamides is 1. The van der Waals surface area contributed by atoms with E-state index < -0.39 is 10.0 Å². The third kappa shape index (κ3) is 2.81. The molecule has 0 atom stereocenters. The fraction of sp³-hybridized carbons (Fsp3) is 0.583. The zero-order chi connectivity index (χ0) is 13.2.